The SMILES string of the molecule is O=[N+]([O-])c1cc(Cl)cc(C2=CCCCC2)c1-c1ccccc1. The monoisotopic (exact) mass is 313 g/mol. The van der Waals surface area contributed by atoms with Gasteiger partial charge in [0.25, 0.3) is 5.69 Å². The molecule has 0 unspecified atom stereocenters. The van der Waals surface area contributed by atoms with Crippen LogP contribution in [-0.2, 0) is 0 Å². The molecule has 0 bridgehead atoms. The number of allylic oxidation sites excluding steroid dienone is 2. The highest BCUT2D eigenvalue weighted by Gasteiger charge is 2.23. The van der Waals surface area contributed by atoms with E-state index in [1.807, 2.05) is 36.4 Å². The molecule has 3 nitrogen and oxygen atoms in total. The largest absolute Gasteiger partial charge is 0.279 e. The van der Waals surface area contributed by atoms with Gasteiger partial charge in [-0.2, -0.15) is 0 Å². The zero-order chi connectivity index (χ0) is 15.5. The van der Waals surface area contributed by atoms with E-state index in [4.69, 9.17) is 11.6 Å². The molecule has 1 aliphatic carbocycles. The third-order valence-corrected chi connectivity index (χ3v) is 4.20. The van der Waals surface area contributed by atoms with Gasteiger partial charge in [0, 0.05) is 11.1 Å². The molecule has 0 spiro atoms. The molecular formula is C18H16ClNO2. The third-order valence-electron chi connectivity index (χ3n) is 3.98. The van der Waals surface area contributed by atoms with Crippen LogP contribution in [0.1, 0.15) is 31.2 Å². The first kappa shape index (κ1) is 14.8. The Kier molecular flexibility index (Phi) is 4.25. The van der Waals surface area contributed by atoms with Gasteiger partial charge in [-0.15, -0.1) is 0 Å². The van der Waals surface area contributed by atoms with E-state index in [0.29, 0.717) is 10.6 Å². The average Bonchev–Trinajstić information content (AvgIpc) is 2.55. The summed E-state index contributed by atoms with van der Waals surface area (Å²) in [5.41, 5.74) is 3.65. The molecule has 2 aromatic rings. The molecular weight excluding hydrogens is 298 g/mol. The summed E-state index contributed by atoms with van der Waals surface area (Å²) in [6.45, 7) is 0. The summed E-state index contributed by atoms with van der Waals surface area (Å²) >= 11 is 6.14. The minimum Gasteiger partial charge on any atom is -0.258 e. The zero-order valence-corrected chi connectivity index (χ0v) is 12.8. The van der Waals surface area contributed by atoms with Gasteiger partial charge in [-0.25, -0.2) is 0 Å². The van der Waals surface area contributed by atoms with Crippen molar-refractivity contribution in [2.45, 2.75) is 25.7 Å². The second-order valence-corrected chi connectivity index (χ2v) is 5.88. The van der Waals surface area contributed by atoms with E-state index in [-0.39, 0.29) is 10.6 Å². The molecule has 0 atom stereocenters. The van der Waals surface area contributed by atoms with Crippen LogP contribution in [0.25, 0.3) is 16.7 Å². The van der Waals surface area contributed by atoms with Crippen LogP contribution >= 0.6 is 11.6 Å². The maximum Gasteiger partial charge on any atom is 0.279 e. The van der Waals surface area contributed by atoms with Gasteiger partial charge in [-0.1, -0.05) is 48.0 Å². The number of hydrogen-bond acceptors (Lipinski definition) is 2. The van der Waals surface area contributed by atoms with E-state index in [1.165, 1.54) is 12.5 Å². The van der Waals surface area contributed by atoms with Crippen molar-refractivity contribution in [1.29, 1.82) is 0 Å². The number of hydrogen-bond donors (Lipinski definition) is 0. The Bertz CT molecular complexity index is 738. The smallest absolute Gasteiger partial charge is 0.258 e. The molecule has 0 N–H and O–H groups in total. The fraction of sp³-hybridized carbons (Fsp3) is 0.222. The molecule has 2 aromatic carbocycles. The first-order chi connectivity index (χ1) is 10.7. The topological polar surface area (TPSA) is 43.1 Å². The first-order valence-corrected chi connectivity index (χ1v) is 7.77. The predicted molar refractivity (Wildman–Crippen MR) is 90.0 cm³/mol. The molecule has 4 heteroatoms. The van der Waals surface area contributed by atoms with Gasteiger partial charge >= 0.3 is 0 Å². The van der Waals surface area contributed by atoms with Crippen molar-refractivity contribution in [2.24, 2.45) is 0 Å². The molecule has 0 saturated carbocycles. The Morgan fingerprint density at radius 2 is 1.86 bits per heavy atom. The van der Waals surface area contributed by atoms with Crippen LogP contribution < -0.4 is 0 Å². The van der Waals surface area contributed by atoms with Gasteiger partial charge in [0.05, 0.1) is 10.5 Å². The summed E-state index contributed by atoms with van der Waals surface area (Å²) < 4.78 is 0. The lowest BCUT2D eigenvalue weighted by Gasteiger charge is -2.17. The molecule has 0 fully saturated rings. The lowest BCUT2D eigenvalue weighted by molar-refractivity contribution is -0.384. The van der Waals surface area contributed by atoms with Gasteiger partial charge < -0.3 is 0 Å². The lowest BCUT2D eigenvalue weighted by atomic mass is 9.87. The maximum atomic E-state index is 11.5. The van der Waals surface area contributed by atoms with Gasteiger partial charge in [0.1, 0.15) is 0 Å². The Morgan fingerprint density at radius 1 is 1.09 bits per heavy atom. The van der Waals surface area contributed by atoms with E-state index in [0.717, 1.165) is 36.0 Å². The molecule has 0 saturated heterocycles. The van der Waals surface area contributed by atoms with Crippen LogP contribution in [0.5, 0.6) is 0 Å². The Labute approximate surface area is 134 Å². The summed E-state index contributed by atoms with van der Waals surface area (Å²) in [5, 5.41) is 11.9. The van der Waals surface area contributed by atoms with Crippen molar-refractivity contribution < 1.29 is 4.92 Å². The van der Waals surface area contributed by atoms with Crippen LogP contribution in [0.4, 0.5) is 5.69 Å². The van der Waals surface area contributed by atoms with E-state index in [1.54, 1.807) is 0 Å². The molecule has 0 aromatic heterocycles. The molecule has 112 valence electrons. The number of nitrogens with zero attached hydrogens (tertiary/aromatic N) is 1. The van der Waals surface area contributed by atoms with E-state index >= 15 is 0 Å². The van der Waals surface area contributed by atoms with E-state index < -0.39 is 0 Å². The molecule has 0 radical (unpaired) electrons. The highest BCUT2D eigenvalue weighted by molar-refractivity contribution is 6.31. The summed E-state index contributed by atoms with van der Waals surface area (Å²) in [7, 11) is 0. The molecule has 0 aliphatic heterocycles. The van der Waals surface area contributed by atoms with Gasteiger partial charge in [0.2, 0.25) is 0 Å². The summed E-state index contributed by atoms with van der Waals surface area (Å²) in [5.74, 6) is 0. The number of nitro groups is 1. The molecule has 0 heterocycles. The summed E-state index contributed by atoms with van der Waals surface area (Å²) in [6.07, 6.45) is 6.43. The van der Waals surface area contributed by atoms with Crippen molar-refractivity contribution in [1.82, 2.24) is 0 Å². The standard InChI is InChI=1S/C18H16ClNO2/c19-15-11-16(13-7-3-1-4-8-13)18(17(12-15)20(21)22)14-9-5-2-6-10-14/h2,5-7,9-12H,1,3-4,8H2. The lowest BCUT2D eigenvalue weighted by Crippen LogP contribution is -1.99. The normalized spacial score (nSPS) is 14.5. The number of halogens is 1. The van der Waals surface area contributed by atoms with Crippen molar-refractivity contribution >= 4 is 22.9 Å². The highest BCUT2D eigenvalue weighted by Crippen LogP contribution is 2.41. The second kappa shape index (κ2) is 6.32. The number of nitro benzene ring substituents is 1. The van der Waals surface area contributed by atoms with Crippen molar-refractivity contribution in [3.63, 3.8) is 0 Å². The van der Waals surface area contributed by atoms with E-state index in [2.05, 4.69) is 6.08 Å². The predicted octanol–water partition coefficient (Wildman–Crippen LogP) is 5.87. The van der Waals surface area contributed by atoms with Crippen LogP contribution in [0.15, 0.2) is 48.5 Å². The zero-order valence-electron chi connectivity index (χ0n) is 12.1. The molecule has 22 heavy (non-hydrogen) atoms. The van der Waals surface area contributed by atoms with Crippen LogP contribution in [-0.4, -0.2) is 4.92 Å². The van der Waals surface area contributed by atoms with Gasteiger partial charge in [-0.05, 0) is 48.4 Å². The molecule has 1 aliphatic rings. The van der Waals surface area contributed by atoms with Crippen molar-refractivity contribution in [3.8, 4) is 11.1 Å². The summed E-state index contributed by atoms with van der Waals surface area (Å²) in [4.78, 5) is 11.2. The van der Waals surface area contributed by atoms with Gasteiger partial charge in [0.15, 0.2) is 0 Å². The van der Waals surface area contributed by atoms with Crippen molar-refractivity contribution in [3.05, 3.63) is 69.2 Å². The Hall–Kier alpha value is -2.13. The summed E-state index contributed by atoms with van der Waals surface area (Å²) in [6, 6.07) is 12.8. The van der Waals surface area contributed by atoms with Crippen LogP contribution in [0.2, 0.25) is 5.02 Å². The number of benzene rings is 2. The molecule has 0 amide bonds. The minimum absolute atomic E-state index is 0.0696. The molecule has 3 rings (SSSR count). The second-order valence-electron chi connectivity index (χ2n) is 5.45. The average molecular weight is 314 g/mol. The first-order valence-electron chi connectivity index (χ1n) is 7.39. The maximum absolute atomic E-state index is 11.5. The quantitative estimate of drug-likeness (QED) is 0.525. The van der Waals surface area contributed by atoms with Crippen LogP contribution in [0.3, 0.4) is 0 Å². The fourth-order valence-electron chi connectivity index (χ4n) is 2.98. The minimum atomic E-state index is -0.346. The third kappa shape index (κ3) is 2.90. The van der Waals surface area contributed by atoms with Gasteiger partial charge in [-0.3, -0.25) is 10.1 Å². The highest BCUT2D eigenvalue weighted by atomic mass is 35.5. The number of rotatable bonds is 3. The van der Waals surface area contributed by atoms with Crippen molar-refractivity contribution in [2.75, 3.05) is 0 Å². The fourth-order valence-corrected chi connectivity index (χ4v) is 3.19. The van der Waals surface area contributed by atoms with E-state index in [9.17, 15) is 10.1 Å². The Morgan fingerprint density at radius 3 is 2.50 bits per heavy atom. The Balaban J connectivity index is 2.28. The van der Waals surface area contributed by atoms with Crippen LogP contribution in [0, 0.1) is 10.1 Å².